The minimum Gasteiger partial charge on any atom is -0.453 e. The fourth-order valence-corrected chi connectivity index (χ4v) is 3.39. The number of carbonyl (C=O) groups excluding carboxylic acids is 2. The van der Waals surface area contributed by atoms with Gasteiger partial charge in [0.2, 0.25) is 15.8 Å². The maximum Gasteiger partial charge on any atom is 0.321 e. The van der Waals surface area contributed by atoms with Crippen molar-refractivity contribution < 1.29 is 22.7 Å². The molecule has 1 heterocycles. The quantitative estimate of drug-likeness (QED) is 0.554. The Kier molecular flexibility index (Phi) is 6.41. The molecule has 0 spiro atoms. The number of rotatable bonds is 7. The van der Waals surface area contributed by atoms with Crippen molar-refractivity contribution in [3.8, 4) is 0 Å². The molecule has 0 saturated carbocycles. The van der Waals surface area contributed by atoms with E-state index in [-0.39, 0.29) is 16.1 Å². The van der Waals surface area contributed by atoms with Crippen LogP contribution in [0.1, 0.15) is 43.6 Å². The Morgan fingerprint density at radius 1 is 1.21 bits per heavy atom. The lowest BCUT2D eigenvalue weighted by molar-refractivity contribution is -0.144. The number of hydrogen-bond acceptors (Lipinski definition) is 6. The zero-order valence-electron chi connectivity index (χ0n) is 16.6. The number of nitrogens with one attached hydrogen (secondary N) is 1. The molecule has 0 radical (unpaired) electrons. The van der Waals surface area contributed by atoms with Gasteiger partial charge in [-0.2, -0.15) is 9.82 Å². The average molecular weight is 407 g/mol. The van der Waals surface area contributed by atoms with Gasteiger partial charge in [0.1, 0.15) is 11.4 Å². The van der Waals surface area contributed by atoms with Crippen LogP contribution in [0.4, 0.5) is 0 Å². The third-order valence-corrected chi connectivity index (χ3v) is 5.47. The number of nitrogens with zero attached hydrogens (tertiary/aromatic N) is 2. The van der Waals surface area contributed by atoms with E-state index in [2.05, 4.69) is 30.6 Å². The van der Waals surface area contributed by atoms with E-state index in [1.54, 1.807) is 19.2 Å². The first kappa shape index (κ1) is 21.8. The predicted octanol–water partition coefficient (Wildman–Crippen LogP) is 1.81. The number of hydrogen-bond donors (Lipinski definition) is 1. The van der Waals surface area contributed by atoms with E-state index < -0.39 is 28.6 Å². The normalized spacial score (nSPS) is 13.2. The molecule has 0 fully saturated rings. The number of ketones is 1. The van der Waals surface area contributed by atoms with Crippen LogP contribution in [0.5, 0.6) is 0 Å². The van der Waals surface area contributed by atoms with Crippen molar-refractivity contribution in [2.75, 3.05) is 6.54 Å². The summed E-state index contributed by atoms with van der Waals surface area (Å²) in [6.07, 6.45) is 1.44. The number of esters is 1. The molecule has 0 aliphatic heterocycles. The summed E-state index contributed by atoms with van der Waals surface area (Å²) < 4.78 is 32.7. The average Bonchev–Trinajstić information content (AvgIpc) is 3.06. The van der Waals surface area contributed by atoms with Crippen LogP contribution in [0, 0.1) is 0 Å². The molecule has 1 unspecified atom stereocenters. The molecule has 0 saturated heterocycles. The molecular weight excluding hydrogens is 382 g/mol. The molecule has 2 rings (SSSR count). The fraction of sp³-hybridized carbons (Fsp3) is 0.421. The molecule has 0 amide bonds. The summed E-state index contributed by atoms with van der Waals surface area (Å²) >= 11 is 0. The summed E-state index contributed by atoms with van der Waals surface area (Å²) in [5.74, 6) is -1.21. The van der Waals surface area contributed by atoms with Gasteiger partial charge in [-0.25, -0.2) is 8.42 Å². The minimum atomic E-state index is -3.88. The molecular formula is C19H25N3O5S. The molecule has 1 N–H and O–H groups in total. The summed E-state index contributed by atoms with van der Waals surface area (Å²) in [5.41, 5.74) is 1.47. The van der Waals surface area contributed by atoms with Crippen LogP contribution in [0.25, 0.3) is 0 Å². The molecule has 0 bridgehead atoms. The second-order valence-electron chi connectivity index (χ2n) is 7.50. The van der Waals surface area contributed by atoms with Gasteiger partial charge in [0.15, 0.2) is 6.10 Å². The first-order chi connectivity index (χ1) is 12.9. The second kappa shape index (κ2) is 8.24. The Bertz CT molecular complexity index is 956. The number of sulfonamides is 1. The van der Waals surface area contributed by atoms with Crippen molar-refractivity contribution >= 4 is 21.8 Å². The number of carbonyl (C=O) groups is 2. The Morgan fingerprint density at radius 3 is 2.32 bits per heavy atom. The number of Topliss-reactive ketones (excluding diaryl/α,β-unsaturated/α-hetero) is 1. The summed E-state index contributed by atoms with van der Waals surface area (Å²) in [6.45, 7) is 7.08. The SMILES string of the molecule is CC(OC(=O)CNS(=O)(=O)c1cnn(C)c1)C(=O)c1ccc(C(C)(C)C)cc1. The first-order valence-electron chi connectivity index (χ1n) is 8.73. The molecule has 152 valence electrons. The predicted molar refractivity (Wildman–Crippen MR) is 103 cm³/mol. The van der Waals surface area contributed by atoms with Gasteiger partial charge in [-0.1, -0.05) is 45.0 Å². The Labute approximate surface area is 164 Å². The molecule has 8 nitrogen and oxygen atoms in total. The fourth-order valence-electron chi connectivity index (χ4n) is 2.44. The highest BCUT2D eigenvalue weighted by atomic mass is 32.2. The van der Waals surface area contributed by atoms with Crippen LogP contribution in [0.2, 0.25) is 0 Å². The van der Waals surface area contributed by atoms with Crippen molar-refractivity contribution in [3.05, 3.63) is 47.8 Å². The van der Waals surface area contributed by atoms with Gasteiger partial charge in [0.25, 0.3) is 0 Å². The zero-order chi connectivity index (χ0) is 21.1. The smallest absolute Gasteiger partial charge is 0.321 e. The maximum atomic E-state index is 12.4. The Hall–Kier alpha value is -2.52. The molecule has 9 heteroatoms. The van der Waals surface area contributed by atoms with Crippen molar-refractivity contribution in [2.24, 2.45) is 7.05 Å². The molecule has 1 aromatic carbocycles. The van der Waals surface area contributed by atoms with Gasteiger partial charge < -0.3 is 4.74 Å². The summed E-state index contributed by atoms with van der Waals surface area (Å²) in [4.78, 5) is 24.3. The molecule has 28 heavy (non-hydrogen) atoms. The third-order valence-electron chi connectivity index (χ3n) is 4.11. The van der Waals surface area contributed by atoms with Gasteiger partial charge in [-0.15, -0.1) is 0 Å². The largest absolute Gasteiger partial charge is 0.453 e. The molecule has 0 aliphatic rings. The number of aromatic nitrogens is 2. The minimum absolute atomic E-state index is 0.0366. The third kappa shape index (κ3) is 5.49. The van der Waals surface area contributed by atoms with Crippen molar-refractivity contribution in [3.63, 3.8) is 0 Å². The number of ether oxygens (including phenoxy) is 1. The lowest BCUT2D eigenvalue weighted by atomic mass is 9.86. The maximum absolute atomic E-state index is 12.4. The van der Waals surface area contributed by atoms with E-state index in [9.17, 15) is 18.0 Å². The zero-order valence-corrected chi connectivity index (χ0v) is 17.4. The van der Waals surface area contributed by atoms with Gasteiger partial charge in [-0.3, -0.25) is 14.3 Å². The van der Waals surface area contributed by atoms with E-state index in [0.29, 0.717) is 5.56 Å². The molecule has 1 aromatic heterocycles. The lowest BCUT2D eigenvalue weighted by Crippen LogP contribution is -2.34. The van der Waals surface area contributed by atoms with Crippen LogP contribution in [0.15, 0.2) is 41.6 Å². The summed E-state index contributed by atoms with van der Waals surface area (Å²) in [6, 6.07) is 7.12. The van der Waals surface area contributed by atoms with Crippen molar-refractivity contribution in [1.29, 1.82) is 0 Å². The first-order valence-corrected chi connectivity index (χ1v) is 10.2. The number of aryl methyl sites for hydroxylation is 1. The van der Waals surface area contributed by atoms with E-state index in [4.69, 9.17) is 4.74 Å². The highest BCUT2D eigenvalue weighted by Crippen LogP contribution is 2.22. The molecule has 0 aliphatic carbocycles. The second-order valence-corrected chi connectivity index (χ2v) is 9.26. The van der Waals surface area contributed by atoms with E-state index in [0.717, 1.165) is 5.56 Å². The van der Waals surface area contributed by atoms with Gasteiger partial charge in [-0.05, 0) is 17.9 Å². The Balaban J connectivity index is 1.93. The topological polar surface area (TPSA) is 107 Å². The van der Waals surface area contributed by atoms with Crippen molar-refractivity contribution in [1.82, 2.24) is 14.5 Å². The van der Waals surface area contributed by atoms with E-state index in [1.807, 2.05) is 12.1 Å². The van der Waals surface area contributed by atoms with Crippen LogP contribution in [-0.4, -0.2) is 42.6 Å². The number of benzene rings is 1. The van der Waals surface area contributed by atoms with Gasteiger partial charge in [0.05, 0.1) is 6.20 Å². The van der Waals surface area contributed by atoms with E-state index in [1.165, 1.54) is 24.0 Å². The monoisotopic (exact) mass is 407 g/mol. The van der Waals surface area contributed by atoms with Gasteiger partial charge >= 0.3 is 5.97 Å². The molecule has 2 aromatic rings. The standard InChI is InChI=1S/C19H25N3O5S/c1-13(18(24)14-6-8-15(9-7-14)19(2,3)4)27-17(23)11-21-28(25,26)16-10-20-22(5)12-16/h6-10,12-13,21H,11H2,1-5H3. The highest BCUT2D eigenvalue weighted by Gasteiger charge is 2.23. The summed E-state index contributed by atoms with van der Waals surface area (Å²) in [7, 11) is -2.30. The van der Waals surface area contributed by atoms with Crippen LogP contribution < -0.4 is 4.72 Å². The Morgan fingerprint density at radius 2 is 1.82 bits per heavy atom. The lowest BCUT2D eigenvalue weighted by Gasteiger charge is -2.19. The molecule has 1 atom stereocenters. The van der Waals surface area contributed by atoms with Crippen LogP contribution in [0.3, 0.4) is 0 Å². The summed E-state index contributed by atoms with van der Waals surface area (Å²) in [5, 5.41) is 3.77. The highest BCUT2D eigenvalue weighted by molar-refractivity contribution is 7.89. The van der Waals surface area contributed by atoms with Crippen LogP contribution >= 0.6 is 0 Å². The van der Waals surface area contributed by atoms with E-state index >= 15 is 0 Å². The van der Waals surface area contributed by atoms with Crippen LogP contribution in [-0.2, 0) is 32.0 Å². The van der Waals surface area contributed by atoms with Gasteiger partial charge in [0, 0.05) is 18.8 Å². The van der Waals surface area contributed by atoms with Crippen molar-refractivity contribution in [2.45, 2.75) is 44.1 Å².